The topological polar surface area (TPSA) is 108 Å². The zero-order valence-electron chi connectivity index (χ0n) is 29.7. The van der Waals surface area contributed by atoms with E-state index in [1.807, 2.05) is 28.9 Å². The van der Waals surface area contributed by atoms with Gasteiger partial charge in [-0.05, 0) is 68.1 Å². The van der Waals surface area contributed by atoms with Crippen molar-refractivity contribution in [3.63, 3.8) is 0 Å². The predicted octanol–water partition coefficient (Wildman–Crippen LogP) is 4.07. The van der Waals surface area contributed by atoms with Gasteiger partial charge in [-0.3, -0.25) is 29.5 Å². The summed E-state index contributed by atoms with van der Waals surface area (Å²) in [4.78, 5) is 41.3. The van der Waals surface area contributed by atoms with Crippen molar-refractivity contribution in [3.05, 3.63) is 69.4 Å². The van der Waals surface area contributed by atoms with Gasteiger partial charge in [0.2, 0.25) is 11.8 Å². The minimum Gasteiger partial charge on any atom is -0.496 e. The lowest BCUT2D eigenvalue weighted by molar-refractivity contribution is -0.133. The number of rotatable bonds is 9. The number of aryl methyl sites for hydroxylation is 1. The number of piperazine rings is 1. The summed E-state index contributed by atoms with van der Waals surface area (Å²) < 4.78 is 60.0. The van der Waals surface area contributed by atoms with Crippen LogP contribution < -0.4 is 30.6 Å². The molecule has 2 amide bonds. The minimum atomic E-state index is -2.99. The first-order valence-electron chi connectivity index (χ1n) is 17.2. The molecule has 274 valence electrons. The molecule has 14 heteroatoms. The van der Waals surface area contributed by atoms with Gasteiger partial charge in [0, 0.05) is 75.7 Å². The minimum absolute atomic E-state index is 0.0696. The number of piperidine rings is 2. The average Bonchev–Trinajstić information content (AvgIpc) is 3.10. The molecule has 2 atom stereocenters. The molecule has 51 heavy (non-hydrogen) atoms. The Balaban J connectivity index is 1.09. The number of methoxy groups -OCH3 is 2. The number of nitrogens with one attached hydrogen (secondary N) is 2. The highest BCUT2D eigenvalue weighted by Gasteiger charge is 2.48. The highest BCUT2D eigenvalue weighted by molar-refractivity contribution is 6.01. The zero-order chi connectivity index (χ0) is 36.6. The Kier molecular flexibility index (Phi) is 10.4. The lowest BCUT2D eigenvalue weighted by Gasteiger charge is -2.46. The second-order valence-corrected chi connectivity index (χ2v) is 13.7. The Bertz CT molecular complexity index is 1850. The highest BCUT2D eigenvalue weighted by Crippen LogP contribution is 2.39. The van der Waals surface area contributed by atoms with E-state index in [0.29, 0.717) is 73.1 Å². The number of hydrogen-bond donors (Lipinski definition) is 2. The molecule has 11 nitrogen and oxygen atoms in total. The molecule has 0 aliphatic carbocycles. The van der Waals surface area contributed by atoms with Crippen molar-refractivity contribution >= 4 is 23.2 Å². The number of amides is 2. The molecule has 0 saturated carbocycles. The van der Waals surface area contributed by atoms with Crippen LogP contribution >= 0.6 is 0 Å². The third kappa shape index (κ3) is 7.43. The van der Waals surface area contributed by atoms with Gasteiger partial charge < -0.3 is 24.3 Å². The van der Waals surface area contributed by atoms with E-state index in [0.717, 1.165) is 16.7 Å². The van der Waals surface area contributed by atoms with E-state index in [1.54, 1.807) is 51.4 Å². The van der Waals surface area contributed by atoms with Crippen molar-refractivity contribution in [3.8, 4) is 22.6 Å². The number of benzene rings is 2. The highest BCUT2D eigenvalue weighted by atomic mass is 19.3. The third-order valence-corrected chi connectivity index (χ3v) is 10.5. The Hall–Kier alpha value is -4.56. The summed E-state index contributed by atoms with van der Waals surface area (Å²) in [5.74, 6) is -3.19. The smallest absolute Gasteiger partial charge is 0.275 e. The van der Waals surface area contributed by atoms with Gasteiger partial charge in [-0.2, -0.15) is 0 Å². The number of nitrogens with zero attached hydrogens (tertiary/aromatic N) is 4. The van der Waals surface area contributed by atoms with Crippen LogP contribution in [0.25, 0.3) is 11.1 Å². The Morgan fingerprint density at radius 2 is 1.63 bits per heavy atom. The summed E-state index contributed by atoms with van der Waals surface area (Å²) in [5.41, 5.74) is 4.55. The quantitative estimate of drug-likeness (QED) is 0.318. The van der Waals surface area contributed by atoms with E-state index in [2.05, 4.69) is 10.6 Å². The predicted molar refractivity (Wildman–Crippen MR) is 188 cm³/mol. The molecule has 1 aromatic heterocycles. The molecule has 3 aliphatic heterocycles. The van der Waals surface area contributed by atoms with Crippen LogP contribution in [0.15, 0.2) is 41.3 Å². The fourth-order valence-corrected chi connectivity index (χ4v) is 7.53. The summed E-state index contributed by atoms with van der Waals surface area (Å²) in [6.07, 6.45) is 2.58. The van der Waals surface area contributed by atoms with Gasteiger partial charge in [0.15, 0.2) is 0 Å². The first-order chi connectivity index (χ1) is 24.3. The number of imide groups is 1. The molecule has 3 aliphatic rings. The SMILES string of the molecule is COc1cc(-c2cn(C)c(=O)c(C)c2C)cc(OC)c1CN1CC[C@H](N2CCN(c3ccc(N[C@H]4CCC(=O)NC4=O)cc3F)CC2)C(F)(F)C1. The molecule has 0 unspecified atom stereocenters. The molecule has 0 spiro atoms. The fraction of sp³-hybridized carbons (Fsp3) is 0.486. The molecule has 3 saturated heterocycles. The largest absolute Gasteiger partial charge is 0.496 e. The molecule has 3 aromatic rings. The Morgan fingerprint density at radius 3 is 2.24 bits per heavy atom. The Morgan fingerprint density at radius 1 is 0.941 bits per heavy atom. The van der Waals surface area contributed by atoms with E-state index >= 15 is 13.2 Å². The summed E-state index contributed by atoms with van der Waals surface area (Å²) in [7, 11) is 4.79. The molecular weight excluding hydrogens is 665 g/mol. The number of carbonyl (C=O) groups is 2. The molecular formula is C37H45F3N6O5. The maximum Gasteiger partial charge on any atom is 0.275 e. The van der Waals surface area contributed by atoms with Gasteiger partial charge in [-0.25, -0.2) is 13.2 Å². The van der Waals surface area contributed by atoms with E-state index in [-0.39, 0.29) is 30.9 Å². The molecule has 0 radical (unpaired) electrons. The molecule has 4 heterocycles. The number of hydrogen-bond acceptors (Lipinski definition) is 9. The average molecular weight is 711 g/mol. The number of pyridine rings is 1. The monoisotopic (exact) mass is 710 g/mol. The van der Waals surface area contributed by atoms with E-state index < -0.39 is 36.3 Å². The van der Waals surface area contributed by atoms with Gasteiger partial charge in [0.05, 0.1) is 38.1 Å². The van der Waals surface area contributed by atoms with Gasteiger partial charge in [0.1, 0.15) is 23.4 Å². The van der Waals surface area contributed by atoms with Gasteiger partial charge >= 0.3 is 0 Å². The summed E-state index contributed by atoms with van der Waals surface area (Å²) in [6.45, 7) is 5.43. The van der Waals surface area contributed by atoms with Crippen LogP contribution in [-0.2, 0) is 23.2 Å². The second-order valence-electron chi connectivity index (χ2n) is 13.7. The van der Waals surface area contributed by atoms with Crippen LogP contribution in [0.2, 0.25) is 0 Å². The first kappa shape index (κ1) is 36.2. The van der Waals surface area contributed by atoms with Crippen LogP contribution in [0.5, 0.6) is 11.5 Å². The second kappa shape index (κ2) is 14.6. The van der Waals surface area contributed by atoms with E-state index in [4.69, 9.17) is 9.47 Å². The number of aromatic nitrogens is 1. The number of carbonyl (C=O) groups excluding carboxylic acids is 2. The lowest BCUT2D eigenvalue weighted by Crippen LogP contribution is -2.61. The number of ether oxygens (including phenoxy) is 2. The van der Waals surface area contributed by atoms with Crippen molar-refractivity contribution in [2.24, 2.45) is 7.05 Å². The van der Waals surface area contributed by atoms with Crippen LogP contribution in [0.1, 0.15) is 36.0 Å². The lowest BCUT2D eigenvalue weighted by atomic mass is 9.95. The number of alkyl halides is 2. The van der Waals surface area contributed by atoms with Crippen molar-refractivity contribution in [1.82, 2.24) is 19.7 Å². The van der Waals surface area contributed by atoms with E-state index in [9.17, 15) is 14.4 Å². The van der Waals surface area contributed by atoms with Crippen molar-refractivity contribution in [2.75, 3.05) is 63.7 Å². The summed E-state index contributed by atoms with van der Waals surface area (Å²) in [5, 5.41) is 5.26. The fourth-order valence-electron chi connectivity index (χ4n) is 7.53. The van der Waals surface area contributed by atoms with Crippen LogP contribution in [0.3, 0.4) is 0 Å². The van der Waals surface area contributed by atoms with Gasteiger partial charge in [0.25, 0.3) is 11.5 Å². The van der Waals surface area contributed by atoms with Gasteiger partial charge in [-0.15, -0.1) is 0 Å². The molecule has 2 N–H and O–H groups in total. The third-order valence-electron chi connectivity index (χ3n) is 10.5. The number of likely N-dealkylation sites (tertiary alicyclic amines) is 1. The number of anilines is 2. The van der Waals surface area contributed by atoms with Crippen LogP contribution in [0, 0.1) is 19.7 Å². The van der Waals surface area contributed by atoms with Crippen molar-refractivity contribution in [2.45, 2.75) is 57.7 Å². The number of halogens is 3. The van der Waals surface area contributed by atoms with Crippen molar-refractivity contribution in [1.29, 1.82) is 0 Å². The van der Waals surface area contributed by atoms with Crippen LogP contribution in [-0.4, -0.2) is 97.7 Å². The summed E-state index contributed by atoms with van der Waals surface area (Å²) >= 11 is 0. The molecule has 2 aromatic carbocycles. The maximum absolute atomic E-state index is 15.9. The Labute approximate surface area is 295 Å². The zero-order valence-corrected chi connectivity index (χ0v) is 29.7. The van der Waals surface area contributed by atoms with E-state index in [1.165, 1.54) is 10.6 Å². The molecule has 6 rings (SSSR count). The van der Waals surface area contributed by atoms with Crippen LogP contribution in [0.4, 0.5) is 24.5 Å². The first-order valence-corrected chi connectivity index (χ1v) is 17.2. The van der Waals surface area contributed by atoms with Crippen molar-refractivity contribution < 1.29 is 32.2 Å². The standard InChI is InChI=1S/C37H45F3N6O5/c1-22-23(2)36(49)43(3)19-26(22)24-16-31(50-4)27(32(17-24)51-5)20-44-11-10-33(37(39,40)21-44)46-14-12-45(13-15-46)30-8-6-25(18-28(30)38)41-29-7-9-34(47)42-35(29)48/h6,8,16-19,29,33,41H,7,9-15,20-21H2,1-5H3,(H,42,47,48)/t29-,33-/m0/s1. The van der Waals surface area contributed by atoms with Gasteiger partial charge in [-0.1, -0.05) is 0 Å². The molecule has 0 bridgehead atoms. The maximum atomic E-state index is 15.9. The normalized spacial score (nSPS) is 21.4. The summed E-state index contributed by atoms with van der Waals surface area (Å²) in [6, 6.07) is 6.79. The molecule has 3 fully saturated rings.